The minimum Gasteiger partial charge on any atom is -0.453 e. The minimum absolute atomic E-state index is 0.171. The lowest BCUT2D eigenvalue weighted by molar-refractivity contribution is -0.153. The molecule has 0 aliphatic carbocycles. The normalized spacial score (nSPS) is 11.9. The number of anilines is 1. The van der Waals surface area contributed by atoms with Gasteiger partial charge in [0.15, 0.2) is 6.10 Å². The van der Waals surface area contributed by atoms with Gasteiger partial charge in [-0.2, -0.15) is 0 Å². The van der Waals surface area contributed by atoms with Gasteiger partial charge >= 0.3 is 5.97 Å². The van der Waals surface area contributed by atoms with E-state index in [2.05, 4.69) is 10.5 Å². The summed E-state index contributed by atoms with van der Waals surface area (Å²) in [7, 11) is 0. The van der Waals surface area contributed by atoms with Crippen molar-refractivity contribution in [3.63, 3.8) is 0 Å². The highest BCUT2D eigenvalue weighted by Gasteiger charge is 2.20. The Balaban J connectivity index is 1.89. The Labute approximate surface area is 147 Å². The number of ether oxygens (including phenoxy) is 1. The second-order valence-electron chi connectivity index (χ2n) is 6.19. The molecule has 1 aromatic heterocycles. The van der Waals surface area contributed by atoms with E-state index in [1.54, 1.807) is 13.8 Å². The van der Waals surface area contributed by atoms with Crippen molar-refractivity contribution in [1.82, 2.24) is 5.16 Å². The summed E-state index contributed by atoms with van der Waals surface area (Å²) in [6, 6.07) is 5.77. The Morgan fingerprint density at radius 1 is 1.20 bits per heavy atom. The fourth-order valence-electron chi connectivity index (χ4n) is 2.63. The molecule has 1 N–H and O–H groups in total. The molecule has 0 aliphatic rings. The molecule has 0 aliphatic heterocycles. The molecule has 2 aromatic rings. The standard InChI is InChI=1S/C19H24N2O4/c1-11-7-6-8-12(2)18(11)20-19(23)15(5)24-17(22)10-9-16-13(3)21-25-14(16)4/h6-8,15H,9-10H2,1-5H3,(H,20,23)/t15-/m0/s1. The molecule has 1 atom stereocenters. The van der Waals surface area contributed by atoms with Gasteiger partial charge < -0.3 is 14.6 Å². The fraction of sp³-hybridized carbons (Fsp3) is 0.421. The van der Waals surface area contributed by atoms with Crippen LogP contribution in [0.1, 0.15) is 41.5 Å². The lowest BCUT2D eigenvalue weighted by Crippen LogP contribution is -2.30. The van der Waals surface area contributed by atoms with E-state index in [0.29, 0.717) is 12.2 Å². The Morgan fingerprint density at radius 2 is 1.84 bits per heavy atom. The lowest BCUT2D eigenvalue weighted by Gasteiger charge is -2.16. The number of hydrogen-bond acceptors (Lipinski definition) is 5. The summed E-state index contributed by atoms with van der Waals surface area (Å²) >= 11 is 0. The van der Waals surface area contributed by atoms with Crippen LogP contribution in [0.2, 0.25) is 0 Å². The first kappa shape index (κ1) is 18.7. The number of nitrogens with zero attached hydrogens (tertiary/aromatic N) is 1. The van der Waals surface area contributed by atoms with E-state index in [1.807, 2.05) is 39.0 Å². The molecule has 1 amide bonds. The highest BCUT2D eigenvalue weighted by molar-refractivity contribution is 5.96. The average molecular weight is 344 g/mol. The fourth-order valence-corrected chi connectivity index (χ4v) is 2.63. The molecule has 0 spiro atoms. The van der Waals surface area contributed by atoms with E-state index in [4.69, 9.17) is 9.26 Å². The van der Waals surface area contributed by atoms with E-state index in [-0.39, 0.29) is 12.3 Å². The molecule has 6 heteroatoms. The topological polar surface area (TPSA) is 81.4 Å². The molecule has 6 nitrogen and oxygen atoms in total. The average Bonchev–Trinajstić information content (AvgIpc) is 2.87. The van der Waals surface area contributed by atoms with Gasteiger partial charge in [0.05, 0.1) is 5.69 Å². The molecular weight excluding hydrogens is 320 g/mol. The van der Waals surface area contributed by atoms with Crippen LogP contribution in [0.3, 0.4) is 0 Å². The first-order valence-corrected chi connectivity index (χ1v) is 8.28. The highest BCUT2D eigenvalue weighted by atomic mass is 16.5. The summed E-state index contributed by atoms with van der Waals surface area (Å²) in [5.74, 6) is -0.0710. The van der Waals surface area contributed by atoms with Gasteiger partial charge in [-0.3, -0.25) is 9.59 Å². The van der Waals surface area contributed by atoms with E-state index < -0.39 is 12.1 Å². The van der Waals surface area contributed by atoms with Crippen molar-refractivity contribution < 1.29 is 18.8 Å². The van der Waals surface area contributed by atoms with Crippen molar-refractivity contribution >= 4 is 17.6 Å². The SMILES string of the molecule is Cc1cccc(C)c1NC(=O)[C@H](C)OC(=O)CCc1c(C)noc1C. The van der Waals surface area contributed by atoms with E-state index in [9.17, 15) is 9.59 Å². The molecule has 25 heavy (non-hydrogen) atoms. The molecule has 0 radical (unpaired) electrons. The number of hydrogen-bond donors (Lipinski definition) is 1. The number of nitrogens with one attached hydrogen (secondary N) is 1. The molecule has 2 rings (SSSR count). The molecule has 1 heterocycles. The van der Waals surface area contributed by atoms with Gasteiger partial charge in [0.2, 0.25) is 0 Å². The molecule has 0 saturated heterocycles. The monoisotopic (exact) mass is 344 g/mol. The van der Waals surface area contributed by atoms with Gasteiger partial charge in [0, 0.05) is 17.7 Å². The van der Waals surface area contributed by atoms with Crippen LogP contribution in [0.4, 0.5) is 5.69 Å². The summed E-state index contributed by atoms with van der Waals surface area (Å²) in [5.41, 5.74) is 4.36. The molecule has 0 bridgehead atoms. The van der Waals surface area contributed by atoms with Crippen molar-refractivity contribution in [1.29, 1.82) is 0 Å². The Hall–Kier alpha value is -2.63. The number of amides is 1. The molecule has 0 fully saturated rings. The molecular formula is C19H24N2O4. The number of carbonyl (C=O) groups excluding carboxylic acids is 2. The third-order valence-electron chi connectivity index (χ3n) is 4.17. The number of carbonyl (C=O) groups is 2. The first-order chi connectivity index (χ1) is 11.8. The maximum Gasteiger partial charge on any atom is 0.306 e. The third-order valence-corrected chi connectivity index (χ3v) is 4.17. The van der Waals surface area contributed by atoms with Crippen LogP contribution in [-0.2, 0) is 20.7 Å². The largest absolute Gasteiger partial charge is 0.453 e. The number of aromatic nitrogens is 1. The number of rotatable bonds is 6. The van der Waals surface area contributed by atoms with Gasteiger partial charge in [-0.25, -0.2) is 0 Å². The smallest absolute Gasteiger partial charge is 0.306 e. The van der Waals surface area contributed by atoms with E-state index in [1.165, 1.54) is 0 Å². The van der Waals surface area contributed by atoms with Gasteiger partial charge in [0.25, 0.3) is 5.91 Å². The highest BCUT2D eigenvalue weighted by Crippen LogP contribution is 2.20. The predicted molar refractivity (Wildman–Crippen MR) is 94.4 cm³/mol. The van der Waals surface area contributed by atoms with Crippen molar-refractivity contribution in [2.75, 3.05) is 5.32 Å². The molecule has 134 valence electrons. The Morgan fingerprint density at radius 3 is 2.40 bits per heavy atom. The van der Waals surface area contributed by atoms with Crippen LogP contribution in [0, 0.1) is 27.7 Å². The zero-order valence-corrected chi connectivity index (χ0v) is 15.3. The zero-order chi connectivity index (χ0) is 18.6. The lowest BCUT2D eigenvalue weighted by atomic mass is 10.1. The van der Waals surface area contributed by atoms with E-state index >= 15 is 0 Å². The van der Waals surface area contributed by atoms with Gasteiger partial charge in [0.1, 0.15) is 5.76 Å². The number of benzene rings is 1. The quantitative estimate of drug-likeness (QED) is 0.812. The summed E-state index contributed by atoms with van der Waals surface area (Å²) in [5, 5.41) is 6.69. The maximum absolute atomic E-state index is 12.3. The van der Waals surface area contributed by atoms with Gasteiger partial charge in [-0.15, -0.1) is 0 Å². The van der Waals surface area contributed by atoms with Crippen LogP contribution >= 0.6 is 0 Å². The van der Waals surface area contributed by atoms with Crippen LogP contribution in [0.15, 0.2) is 22.7 Å². The van der Waals surface area contributed by atoms with Crippen LogP contribution in [-0.4, -0.2) is 23.1 Å². The summed E-state index contributed by atoms with van der Waals surface area (Å²) < 4.78 is 10.3. The third kappa shape index (κ3) is 4.68. The van der Waals surface area contributed by atoms with Crippen molar-refractivity contribution in [2.24, 2.45) is 0 Å². The molecule has 1 aromatic carbocycles. The maximum atomic E-state index is 12.3. The Bertz CT molecular complexity index is 740. The first-order valence-electron chi connectivity index (χ1n) is 8.28. The number of aryl methyl sites for hydroxylation is 4. The molecule has 0 unspecified atom stereocenters. The van der Waals surface area contributed by atoms with Gasteiger partial charge in [-0.05, 0) is 52.2 Å². The number of para-hydroxylation sites is 1. The Kier molecular flexibility index (Phi) is 5.96. The summed E-state index contributed by atoms with van der Waals surface area (Å²) in [6.45, 7) is 9.04. The second-order valence-corrected chi connectivity index (χ2v) is 6.19. The second kappa shape index (κ2) is 7.96. The minimum atomic E-state index is -0.865. The van der Waals surface area contributed by atoms with Crippen LogP contribution in [0.5, 0.6) is 0 Å². The zero-order valence-electron chi connectivity index (χ0n) is 15.3. The van der Waals surface area contributed by atoms with Crippen LogP contribution < -0.4 is 5.32 Å². The van der Waals surface area contributed by atoms with Gasteiger partial charge in [-0.1, -0.05) is 23.4 Å². The van der Waals surface area contributed by atoms with Crippen molar-refractivity contribution in [3.8, 4) is 0 Å². The predicted octanol–water partition coefficient (Wildman–Crippen LogP) is 3.41. The van der Waals surface area contributed by atoms with Crippen molar-refractivity contribution in [3.05, 3.63) is 46.3 Å². The van der Waals surface area contributed by atoms with Crippen LogP contribution in [0.25, 0.3) is 0 Å². The van der Waals surface area contributed by atoms with Crippen molar-refractivity contribution in [2.45, 2.75) is 53.6 Å². The summed E-state index contributed by atoms with van der Waals surface area (Å²) in [6.07, 6.45) is -0.217. The molecule has 0 saturated carbocycles. The van der Waals surface area contributed by atoms with E-state index in [0.717, 1.165) is 28.1 Å². The summed E-state index contributed by atoms with van der Waals surface area (Å²) in [4.78, 5) is 24.3. The number of esters is 1.